The lowest BCUT2D eigenvalue weighted by Crippen LogP contribution is -2.56. The van der Waals surface area contributed by atoms with Crippen LogP contribution >= 0.6 is 0 Å². The average Bonchev–Trinajstić information content (AvgIpc) is 2.95. The number of hydrogen-bond acceptors (Lipinski definition) is 10. The number of benzene rings is 1. The number of nitrogens with zero attached hydrogens (tertiary/aromatic N) is 1. The molecule has 4 atom stereocenters. The molecular weight excluding hydrogens is 547 g/mol. The zero-order chi connectivity index (χ0) is 31.0. The van der Waals surface area contributed by atoms with Crippen LogP contribution in [0.1, 0.15) is 56.9 Å². The molecule has 42 heavy (non-hydrogen) atoms. The molecule has 1 fully saturated rings. The minimum Gasteiger partial charge on any atom is -0.509 e. The number of aliphatic carboxylic acids is 1. The van der Waals surface area contributed by atoms with Gasteiger partial charge in [-0.05, 0) is 31.4 Å². The summed E-state index contributed by atoms with van der Waals surface area (Å²) in [4.78, 5) is 67.6. The van der Waals surface area contributed by atoms with E-state index in [1.165, 1.54) is 13.0 Å². The Hall–Kier alpha value is -4.10. The molecule has 2 heterocycles. The van der Waals surface area contributed by atoms with E-state index >= 15 is 0 Å². The number of carboxylic acids is 1. The maximum absolute atomic E-state index is 13.5. The van der Waals surface area contributed by atoms with E-state index in [1.54, 1.807) is 12.1 Å². The molecule has 0 saturated carbocycles. The highest BCUT2D eigenvalue weighted by Gasteiger charge is 2.55. The van der Waals surface area contributed by atoms with Crippen molar-refractivity contribution >= 4 is 36.7 Å². The second kappa shape index (κ2) is 14.2. The van der Waals surface area contributed by atoms with Crippen molar-refractivity contribution in [3.63, 3.8) is 0 Å². The van der Waals surface area contributed by atoms with Crippen LogP contribution < -0.4 is 5.32 Å². The van der Waals surface area contributed by atoms with Crippen LogP contribution in [0.2, 0.25) is 5.82 Å². The van der Waals surface area contributed by atoms with Crippen molar-refractivity contribution in [2.75, 3.05) is 7.11 Å². The van der Waals surface area contributed by atoms with E-state index < -0.39 is 73.1 Å². The van der Waals surface area contributed by atoms with Crippen LogP contribution in [0.25, 0.3) is 11.3 Å². The summed E-state index contributed by atoms with van der Waals surface area (Å²) in [5, 5.41) is 22.9. The van der Waals surface area contributed by atoms with Gasteiger partial charge < -0.3 is 29.6 Å². The number of pyridine rings is 1. The number of methoxy groups -OCH3 is 1. The van der Waals surface area contributed by atoms with Gasteiger partial charge in [0.05, 0.1) is 31.7 Å². The maximum atomic E-state index is 13.5. The molecule has 1 aliphatic heterocycles. The summed E-state index contributed by atoms with van der Waals surface area (Å²) in [6, 6.07) is 12.7. The summed E-state index contributed by atoms with van der Waals surface area (Å²) in [5.74, 6) is -5.54. The quantitative estimate of drug-likeness (QED) is 0.233. The lowest BCUT2D eigenvalue weighted by Gasteiger charge is -2.38. The Balaban J connectivity index is 1.82. The SMILES string of the molecule is COC(=O)C[C@@]1(C(=O)O)CC(=O)OB([C@@H](CC(=O)[C@@H](NC(=O)c2cccc(-c3ccccc3)n2)[C@@H](C)O)CC(C)C)O1. The number of nitrogens with one attached hydrogen (secondary N) is 1. The monoisotopic (exact) mass is 582 g/mol. The van der Waals surface area contributed by atoms with Gasteiger partial charge >= 0.3 is 19.1 Å². The fraction of sp³-hybridized carbons (Fsp3) is 0.448. The normalized spacial score (nSPS) is 18.9. The van der Waals surface area contributed by atoms with Crippen LogP contribution in [0.3, 0.4) is 0 Å². The molecule has 0 aliphatic carbocycles. The van der Waals surface area contributed by atoms with Crippen molar-refractivity contribution < 1.29 is 48.2 Å². The number of amides is 1. The third kappa shape index (κ3) is 8.23. The third-order valence-electron chi connectivity index (χ3n) is 6.86. The number of aliphatic hydroxyl groups is 1. The Morgan fingerprint density at radius 2 is 1.79 bits per heavy atom. The second-order valence-corrected chi connectivity index (χ2v) is 10.7. The number of esters is 1. The fourth-order valence-corrected chi connectivity index (χ4v) is 4.79. The van der Waals surface area contributed by atoms with Crippen molar-refractivity contribution in [3.8, 4) is 11.3 Å². The Morgan fingerprint density at radius 3 is 2.38 bits per heavy atom. The topological polar surface area (TPSA) is 178 Å². The lowest BCUT2D eigenvalue weighted by molar-refractivity contribution is -0.175. The summed E-state index contributed by atoms with van der Waals surface area (Å²) in [5.41, 5.74) is -0.866. The van der Waals surface area contributed by atoms with Gasteiger partial charge in [0.15, 0.2) is 11.4 Å². The molecule has 13 heteroatoms. The van der Waals surface area contributed by atoms with Gasteiger partial charge in [-0.1, -0.05) is 50.2 Å². The molecule has 1 saturated heterocycles. The second-order valence-electron chi connectivity index (χ2n) is 10.7. The van der Waals surface area contributed by atoms with Crippen LogP contribution in [-0.2, 0) is 33.2 Å². The molecule has 3 rings (SSSR count). The maximum Gasteiger partial charge on any atom is 0.531 e. The molecule has 0 spiro atoms. The molecule has 1 aromatic carbocycles. The van der Waals surface area contributed by atoms with Gasteiger partial charge in [0.1, 0.15) is 11.7 Å². The number of rotatable bonds is 13. The summed E-state index contributed by atoms with van der Waals surface area (Å²) < 4.78 is 15.7. The zero-order valence-corrected chi connectivity index (χ0v) is 23.9. The number of carbonyl (C=O) groups excluding carboxylic acids is 4. The number of carbonyl (C=O) groups is 5. The van der Waals surface area contributed by atoms with Gasteiger partial charge in [0, 0.05) is 17.8 Å². The first-order valence-electron chi connectivity index (χ1n) is 13.6. The van der Waals surface area contributed by atoms with Crippen molar-refractivity contribution in [1.82, 2.24) is 10.3 Å². The van der Waals surface area contributed by atoms with Gasteiger partial charge in [-0.3, -0.25) is 19.2 Å². The molecule has 0 bridgehead atoms. The molecule has 0 unspecified atom stereocenters. The summed E-state index contributed by atoms with van der Waals surface area (Å²) in [6.07, 6.45) is -2.84. The molecule has 1 amide bonds. The lowest BCUT2D eigenvalue weighted by atomic mass is 9.63. The first-order valence-corrected chi connectivity index (χ1v) is 13.6. The zero-order valence-electron chi connectivity index (χ0n) is 23.9. The van der Waals surface area contributed by atoms with Crippen LogP contribution in [0, 0.1) is 5.92 Å². The Morgan fingerprint density at radius 1 is 1.10 bits per heavy atom. The molecular formula is C29H35BN2O10. The average molecular weight is 582 g/mol. The first-order chi connectivity index (χ1) is 19.8. The molecule has 2 aromatic rings. The third-order valence-corrected chi connectivity index (χ3v) is 6.86. The number of aromatic nitrogens is 1. The highest BCUT2D eigenvalue weighted by Crippen LogP contribution is 2.36. The minimum atomic E-state index is -2.24. The molecule has 0 radical (unpaired) electrons. The van der Waals surface area contributed by atoms with Crippen molar-refractivity contribution in [2.45, 2.75) is 70.0 Å². The number of Topliss-reactive ketones (excluding diaryl/α,β-unsaturated/α-hetero) is 1. The summed E-state index contributed by atoms with van der Waals surface area (Å²) in [7, 11) is -0.401. The number of hydrogen-bond donors (Lipinski definition) is 3. The van der Waals surface area contributed by atoms with Gasteiger partial charge in [-0.15, -0.1) is 0 Å². The number of carboxylic acid groups (broad SMARTS) is 1. The van der Waals surface area contributed by atoms with E-state index in [0.717, 1.165) is 12.7 Å². The molecule has 1 aliphatic rings. The summed E-state index contributed by atoms with van der Waals surface area (Å²) >= 11 is 0. The first kappa shape index (κ1) is 32.4. The molecule has 12 nitrogen and oxygen atoms in total. The number of ether oxygens (including phenoxy) is 1. The van der Waals surface area contributed by atoms with Crippen LogP contribution in [0.4, 0.5) is 0 Å². The van der Waals surface area contributed by atoms with Crippen molar-refractivity contribution in [2.24, 2.45) is 5.92 Å². The van der Waals surface area contributed by atoms with Gasteiger partial charge in [0.25, 0.3) is 11.9 Å². The summed E-state index contributed by atoms with van der Waals surface area (Å²) in [6.45, 7) is 5.04. The fourth-order valence-electron chi connectivity index (χ4n) is 4.79. The predicted molar refractivity (Wildman–Crippen MR) is 150 cm³/mol. The molecule has 1 aromatic heterocycles. The standard InChI is InChI=1S/C29H35BN2O10/c1-17(2)13-20(30-41-25(36)16-29(42-30,28(38)39)15-24(35)40-4)14-23(34)26(18(3)33)32-27(37)22-12-8-11-21(31-22)19-9-6-5-7-10-19/h5-12,17-18,20,26,33H,13-16H2,1-4H3,(H,32,37)(H,38,39)/t18-,20-,26+,29+/m1/s1. The smallest absolute Gasteiger partial charge is 0.509 e. The van der Waals surface area contributed by atoms with E-state index in [-0.39, 0.29) is 24.5 Å². The van der Waals surface area contributed by atoms with Crippen molar-refractivity contribution in [1.29, 1.82) is 0 Å². The van der Waals surface area contributed by atoms with Gasteiger partial charge in [-0.25, -0.2) is 9.78 Å². The van der Waals surface area contributed by atoms with E-state index in [9.17, 15) is 34.2 Å². The molecule has 224 valence electrons. The van der Waals surface area contributed by atoms with E-state index in [1.807, 2.05) is 44.2 Å². The van der Waals surface area contributed by atoms with E-state index in [4.69, 9.17) is 9.31 Å². The van der Waals surface area contributed by atoms with Crippen LogP contribution in [0.15, 0.2) is 48.5 Å². The van der Waals surface area contributed by atoms with Crippen molar-refractivity contribution in [3.05, 3.63) is 54.2 Å². The van der Waals surface area contributed by atoms with E-state index in [0.29, 0.717) is 5.69 Å². The van der Waals surface area contributed by atoms with Crippen LogP contribution in [0.5, 0.6) is 0 Å². The number of aliphatic hydroxyl groups excluding tert-OH is 1. The van der Waals surface area contributed by atoms with E-state index in [2.05, 4.69) is 15.0 Å². The predicted octanol–water partition coefficient (Wildman–Crippen LogP) is 2.44. The van der Waals surface area contributed by atoms with Crippen LogP contribution in [-0.4, -0.2) is 76.8 Å². The van der Waals surface area contributed by atoms with Gasteiger partial charge in [-0.2, -0.15) is 0 Å². The Labute approximate surface area is 243 Å². The minimum absolute atomic E-state index is 0.0344. The highest BCUT2D eigenvalue weighted by molar-refractivity contribution is 6.50. The Kier molecular flexibility index (Phi) is 11.0. The Bertz CT molecular complexity index is 1300. The number of ketones is 1. The molecule has 3 N–H and O–H groups in total. The highest BCUT2D eigenvalue weighted by atomic mass is 16.6. The largest absolute Gasteiger partial charge is 0.531 e. The van der Waals surface area contributed by atoms with Gasteiger partial charge in [0.2, 0.25) is 0 Å².